The number of fused-ring (bicyclic) bond motifs is 1. The molecule has 158 valence electrons. The van der Waals surface area contributed by atoms with Gasteiger partial charge in [0.25, 0.3) is 0 Å². The minimum atomic E-state index is -0.0230. The fraction of sp³-hybridized carbons (Fsp3) is 0.565. The zero-order valence-electron chi connectivity index (χ0n) is 17.9. The van der Waals surface area contributed by atoms with E-state index in [4.69, 9.17) is 5.10 Å². The smallest absolute Gasteiger partial charge is 0.239 e. The van der Waals surface area contributed by atoms with Crippen molar-refractivity contribution in [3.63, 3.8) is 0 Å². The van der Waals surface area contributed by atoms with E-state index in [2.05, 4.69) is 31.3 Å². The lowest BCUT2D eigenvalue weighted by Gasteiger charge is -2.24. The topological polar surface area (TPSA) is 50.2 Å². The van der Waals surface area contributed by atoms with E-state index in [1.165, 1.54) is 31.2 Å². The molecule has 1 saturated heterocycles. The number of benzene rings is 1. The van der Waals surface area contributed by atoms with Crippen molar-refractivity contribution in [3.05, 3.63) is 46.8 Å². The Bertz CT molecular complexity index is 864. The van der Waals surface area contributed by atoms with Crippen LogP contribution in [0.5, 0.6) is 0 Å². The fourth-order valence-electron chi connectivity index (χ4n) is 5.03. The SMILES string of the molecule is Cc1ccccc1-n1nc(C)c(CN(C)C(=O)C2CC3CCCCC3N2)c1C.Cl. The summed E-state index contributed by atoms with van der Waals surface area (Å²) in [5.74, 6) is 0.903. The lowest BCUT2D eigenvalue weighted by Crippen LogP contribution is -2.43. The third-order valence-electron chi connectivity index (χ3n) is 6.72. The number of carbonyl (C=O) groups excluding carboxylic acids is 1. The molecule has 1 N–H and O–H groups in total. The van der Waals surface area contributed by atoms with Gasteiger partial charge in [0.2, 0.25) is 5.91 Å². The molecule has 2 aromatic rings. The van der Waals surface area contributed by atoms with Gasteiger partial charge in [-0.25, -0.2) is 4.68 Å². The Labute approximate surface area is 180 Å². The molecule has 1 aliphatic carbocycles. The van der Waals surface area contributed by atoms with Crippen molar-refractivity contribution in [3.8, 4) is 5.69 Å². The summed E-state index contributed by atoms with van der Waals surface area (Å²) in [5.41, 5.74) is 5.55. The maximum Gasteiger partial charge on any atom is 0.239 e. The molecular weight excluding hydrogens is 384 g/mol. The van der Waals surface area contributed by atoms with Gasteiger partial charge in [-0.05, 0) is 57.6 Å². The van der Waals surface area contributed by atoms with Gasteiger partial charge in [0.05, 0.1) is 17.4 Å². The summed E-state index contributed by atoms with van der Waals surface area (Å²) in [6.07, 6.45) is 6.10. The van der Waals surface area contributed by atoms with E-state index in [9.17, 15) is 4.79 Å². The van der Waals surface area contributed by atoms with Crippen molar-refractivity contribution >= 4 is 18.3 Å². The first-order chi connectivity index (χ1) is 13.5. The zero-order chi connectivity index (χ0) is 19.8. The first kappa shape index (κ1) is 21.8. The number of hydrogen-bond acceptors (Lipinski definition) is 3. The average Bonchev–Trinajstić information content (AvgIpc) is 3.24. The standard InChI is InChI=1S/C23H32N4O.ClH/c1-15-9-5-8-12-22(15)27-17(3)19(16(2)25-27)14-26(4)23(28)21-13-18-10-6-7-11-20(18)24-21;/h5,8-9,12,18,20-21,24H,6-7,10-11,13-14H2,1-4H3;1H. The van der Waals surface area contributed by atoms with E-state index in [1.54, 1.807) is 0 Å². The van der Waals surface area contributed by atoms with Crippen LogP contribution < -0.4 is 5.32 Å². The van der Waals surface area contributed by atoms with E-state index in [1.807, 2.05) is 35.7 Å². The number of nitrogens with one attached hydrogen (secondary N) is 1. The summed E-state index contributed by atoms with van der Waals surface area (Å²) in [5, 5.41) is 8.39. The number of halogens is 1. The Morgan fingerprint density at radius 3 is 2.66 bits per heavy atom. The summed E-state index contributed by atoms with van der Waals surface area (Å²) in [6, 6.07) is 8.81. The molecule has 1 saturated carbocycles. The summed E-state index contributed by atoms with van der Waals surface area (Å²) in [6.45, 7) is 6.85. The van der Waals surface area contributed by atoms with Gasteiger partial charge in [0, 0.05) is 30.9 Å². The van der Waals surface area contributed by atoms with Crippen LogP contribution in [0.2, 0.25) is 0 Å². The van der Waals surface area contributed by atoms with E-state index in [0.29, 0.717) is 18.5 Å². The van der Waals surface area contributed by atoms with Crippen LogP contribution in [0.3, 0.4) is 0 Å². The molecule has 2 aliphatic rings. The van der Waals surface area contributed by atoms with Crippen LogP contribution in [0.4, 0.5) is 0 Å². The largest absolute Gasteiger partial charge is 0.340 e. The Morgan fingerprint density at radius 1 is 1.21 bits per heavy atom. The van der Waals surface area contributed by atoms with Crippen molar-refractivity contribution in [2.24, 2.45) is 5.92 Å². The van der Waals surface area contributed by atoms with Crippen LogP contribution in [-0.2, 0) is 11.3 Å². The lowest BCUT2D eigenvalue weighted by atomic mass is 9.85. The second-order valence-corrected chi connectivity index (χ2v) is 8.65. The molecule has 0 radical (unpaired) electrons. The molecule has 0 spiro atoms. The molecule has 6 heteroatoms. The fourth-order valence-corrected chi connectivity index (χ4v) is 5.03. The molecule has 29 heavy (non-hydrogen) atoms. The monoisotopic (exact) mass is 416 g/mol. The number of para-hydroxylation sites is 1. The molecule has 1 aromatic heterocycles. The first-order valence-electron chi connectivity index (χ1n) is 10.6. The number of carbonyl (C=O) groups is 1. The van der Waals surface area contributed by atoms with Crippen LogP contribution in [-0.4, -0.2) is 39.7 Å². The molecule has 2 heterocycles. The van der Waals surface area contributed by atoms with Crippen LogP contribution in [0.15, 0.2) is 24.3 Å². The van der Waals surface area contributed by atoms with Crippen LogP contribution in [0.25, 0.3) is 5.69 Å². The molecule has 2 fully saturated rings. The number of hydrogen-bond donors (Lipinski definition) is 1. The number of amides is 1. The summed E-state index contributed by atoms with van der Waals surface area (Å²) in [7, 11) is 1.93. The van der Waals surface area contributed by atoms with Gasteiger partial charge in [0.1, 0.15) is 0 Å². The normalized spacial score (nSPS) is 23.4. The third kappa shape index (κ3) is 4.22. The highest BCUT2D eigenvalue weighted by molar-refractivity contribution is 5.85. The molecular formula is C23H33ClN4O. The molecule has 1 aromatic carbocycles. The summed E-state index contributed by atoms with van der Waals surface area (Å²) >= 11 is 0. The van der Waals surface area contributed by atoms with Gasteiger partial charge < -0.3 is 10.2 Å². The van der Waals surface area contributed by atoms with Crippen LogP contribution >= 0.6 is 12.4 Å². The van der Waals surface area contributed by atoms with Crippen molar-refractivity contribution < 1.29 is 4.79 Å². The maximum atomic E-state index is 13.1. The summed E-state index contributed by atoms with van der Waals surface area (Å²) in [4.78, 5) is 15.0. The van der Waals surface area contributed by atoms with Crippen LogP contribution in [0, 0.1) is 26.7 Å². The molecule has 3 atom stereocenters. The van der Waals surface area contributed by atoms with E-state index < -0.39 is 0 Å². The van der Waals surface area contributed by atoms with Crippen molar-refractivity contribution in [2.45, 2.75) is 71.5 Å². The van der Waals surface area contributed by atoms with E-state index in [-0.39, 0.29) is 24.4 Å². The van der Waals surface area contributed by atoms with Gasteiger partial charge in [-0.2, -0.15) is 5.10 Å². The molecule has 0 bridgehead atoms. The lowest BCUT2D eigenvalue weighted by molar-refractivity contribution is -0.132. The molecule has 3 unspecified atom stereocenters. The van der Waals surface area contributed by atoms with E-state index in [0.717, 1.165) is 29.1 Å². The van der Waals surface area contributed by atoms with Gasteiger partial charge in [-0.3, -0.25) is 4.79 Å². The predicted molar refractivity (Wildman–Crippen MR) is 119 cm³/mol. The van der Waals surface area contributed by atoms with Crippen molar-refractivity contribution in [1.82, 2.24) is 20.0 Å². The van der Waals surface area contributed by atoms with Crippen LogP contribution in [0.1, 0.15) is 54.6 Å². The maximum absolute atomic E-state index is 13.1. The minimum absolute atomic E-state index is 0. The van der Waals surface area contributed by atoms with Crippen molar-refractivity contribution in [1.29, 1.82) is 0 Å². The second kappa shape index (κ2) is 8.88. The number of aryl methyl sites for hydroxylation is 2. The highest BCUT2D eigenvalue weighted by atomic mass is 35.5. The second-order valence-electron chi connectivity index (χ2n) is 8.65. The van der Waals surface area contributed by atoms with E-state index >= 15 is 0 Å². The molecule has 1 aliphatic heterocycles. The average molecular weight is 417 g/mol. The van der Waals surface area contributed by atoms with Gasteiger partial charge >= 0.3 is 0 Å². The zero-order valence-corrected chi connectivity index (χ0v) is 18.8. The summed E-state index contributed by atoms with van der Waals surface area (Å²) < 4.78 is 2.01. The molecule has 5 nitrogen and oxygen atoms in total. The predicted octanol–water partition coefficient (Wildman–Crippen LogP) is 4.10. The highest BCUT2D eigenvalue weighted by Gasteiger charge is 2.39. The molecule has 4 rings (SSSR count). The van der Waals surface area contributed by atoms with Crippen molar-refractivity contribution in [2.75, 3.05) is 7.05 Å². The Balaban J connectivity index is 0.00000240. The van der Waals surface area contributed by atoms with Gasteiger partial charge in [-0.15, -0.1) is 12.4 Å². The van der Waals surface area contributed by atoms with Gasteiger partial charge in [-0.1, -0.05) is 31.0 Å². The Morgan fingerprint density at radius 2 is 1.93 bits per heavy atom. The number of nitrogens with zero attached hydrogens (tertiary/aromatic N) is 3. The number of likely N-dealkylation sites (N-methyl/N-ethyl adjacent to an activating group) is 1. The highest BCUT2D eigenvalue weighted by Crippen LogP contribution is 2.33. The first-order valence-corrected chi connectivity index (χ1v) is 10.6. The Hall–Kier alpha value is -1.85. The quantitative estimate of drug-likeness (QED) is 0.816. The third-order valence-corrected chi connectivity index (χ3v) is 6.72. The number of aromatic nitrogens is 2. The minimum Gasteiger partial charge on any atom is -0.340 e. The Kier molecular flexibility index (Phi) is 6.69. The number of rotatable bonds is 4. The van der Waals surface area contributed by atoms with Gasteiger partial charge in [0.15, 0.2) is 0 Å². The molecule has 1 amide bonds.